The molecule has 3 rings (SSSR count). The van der Waals surface area contributed by atoms with Gasteiger partial charge >= 0.3 is 0 Å². The fraction of sp³-hybridized carbons (Fsp3) is 0.348. The van der Waals surface area contributed by atoms with E-state index in [1.54, 1.807) is 0 Å². The van der Waals surface area contributed by atoms with Gasteiger partial charge in [-0.3, -0.25) is 0 Å². The average molecular weight is 318 g/mol. The van der Waals surface area contributed by atoms with E-state index in [0.29, 0.717) is 0 Å². The molecule has 1 aliphatic heterocycles. The van der Waals surface area contributed by atoms with Gasteiger partial charge in [-0.05, 0) is 36.5 Å². The van der Waals surface area contributed by atoms with Gasteiger partial charge in [0.25, 0.3) is 0 Å². The molecule has 2 aromatic rings. The summed E-state index contributed by atoms with van der Waals surface area (Å²) in [7, 11) is 2.16. The van der Waals surface area contributed by atoms with Gasteiger partial charge in [-0.15, -0.1) is 0 Å². The first-order valence-corrected chi connectivity index (χ1v) is 8.70. The Morgan fingerprint density at radius 2 is 1.50 bits per heavy atom. The topological polar surface area (TPSA) is 3.01 Å². The molecular weight excluding hydrogens is 290 g/mol. The zero-order valence-corrected chi connectivity index (χ0v) is 15.7. The first kappa shape index (κ1) is 16.7. The second-order valence-electron chi connectivity index (χ2n) is 8.29. The maximum Gasteiger partial charge on any atom is 0.209 e. The van der Waals surface area contributed by atoms with Crippen LogP contribution in [0.4, 0.5) is 5.69 Å². The number of rotatable bonds is 2. The Bertz CT molecular complexity index is 812. The van der Waals surface area contributed by atoms with Gasteiger partial charge in [0.05, 0.1) is 5.41 Å². The molecule has 0 N–H and O–H groups in total. The van der Waals surface area contributed by atoms with Crippen molar-refractivity contribution >= 4 is 17.5 Å². The van der Waals surface area contributed by atoms with Crippen molar-refractivity contribution in [1.29, 1.82) is 0 Å². The van der Waals surface area contributed by atoms with Crippen molar-refractivity contribution in [2.45, 2.75) is 45.4 Å². The van der Waals surface area contributed by atoms with Crippen LogP contribution >= 0.6 is 0 Å². The van der Waals surface area contributed by atoms with E-state index in [0.717, 1.165) is 0 Å². The van der Waals surface area contributed by atoms with Crippen LogP contribution in [0, 0.1) is 0 Å². The third-order valence-electron chi connectivity index (χ3n) is 5.15. The van der Waals surface area contributed by atoms with Crippen LogP contribution in [0.2, 0.25) is 0 Å². The number of fused-ring (bicyclic) bond motifs is 1. The highest BCUT2D eigenvalue weighted by molar-refractivity contribution is 6.05. The van der Waals surface area contributed by atoms with E-state index in [-0.39, 0.29) is 10.8 Å². The standard InChI is InChI=1S/C23H28N/c1-22(2,3)18-14-11-17(12-15-18)13-16-21-23(4,5)19-9-7-8-10-20(19)24(21)6/h7-16H,1-6H3/q+1/b16-13+. The van der Waals surface area contributed by atoms with Gasteiger partial charge in [-0.25, -0.2) is 0 Å². The highest BCUT2D eigenvalue weighted by Gasteiger charge is 2.42. The lowest BCUT2D eigenvalue weighted by Gasteiger charge is -2.18. The van der Waals surface area contributed by atoms with E-state index in [9.17, 15) is 0 Å². The second kappa shape index (κ2) is 5.73. The fourth-order valence-corrected chi connectivity index (χ4v) is 3.57. The molecule has 0 spiro atoms. The van der Waals surface area contributed by atoms with Crippen molar-refractivity contribution in [3.63, 3.8) is 0 Å². The smallest absolute Gasteiger partial charge is 0.198 e. The number of hydrogen-bond acceptors (Lipinski definition) is 0. The summed E-state index contributed by atoms with van der Waals surface area (Å²) in [6.07, 6.45) is 4.50. The van der Waals surface area contributed by atoms with Gasteiger partial charge in [-0.2, -0.15) is 4.58 Å². The van der Waals surface area contributed by atoms with Gasteiger partial charge in [0, 0.05) is 17.7 Å². The Morgan fingerprint density at radius 1 is 0.875 bits per heavy atom. The summed E-state index contributed by atoms with van der Waals surface area (Å²) in [6, 6.07) is 17.6. The van der Waals surface area contributed by atoms with Gasteiger partial charge in [-0.1, -0.05) is 63.2 Å². The zero-order chi connectivity index (χ0) is 17.5. The molecule has 0 aromatic heterocycles. The summed E-state index contributed by atoms with van der Waals surface area (Å²) in [5.74, 6) is 0. The van der Waals surface area contributed by atoms with Crippen LogP contribution in [-0.2, 0) is 10.8 Å². The Balaban J connectivity index is 1.91. The van der Waals surface area contributed by atoms with Crippen LogP contribution in [0.5, 0.6) is 0 Å². The summed E-state index contributed by atoms with van der Waals surface area (Å²) >= 11 is 0. The van der Waals surface area contributed by atoms with Crippen molar-refractivity contribution in [3.05, 3.63) is 71.3 Å². The first-order valence-electron chi connectivity index (χ1n) is 8.70. The summed E-state index contributed by atoms with van der Waals surface area (Å²) in [4.78, 5) is 0. The average Bonchev–Trinajstić information content (AvgIpc) is 2.72. The van der Waals surface area contributed by atoms with E-state index >= 15 is 0 Å². The molecule has 24 heavy (non-hydrogen) atoms. The third kappa shape index (κ3) is 2.84. The number of benzene rings is 2. The highest BCUT2D eigenvalue weighted by atomic mass is 15.0. The Morgan fingerprint density at radius 3 is 2.08 bits per heavy atom. The largest absolute Gasteiger partial charge is 0.209 e. The van der Waals surface area contributed by atoms with Crippen molar-refractivity contribution in [2.24, 2.45) is 0 Å². The third-order valence-corrected chi connectivity index (χ3v) is 5.15. The lowest BCUT2D eigenvalue weighted by Crippen LogP contribution is -2.26. The Kier molecular flexibility index (Phi) is 3.99. The Labute approximate surface area is 146 Å². The lowest BCUT2D eigenvalue weighted by molar-refractivity contribution is -0.401. The maximum atomic E-state index is 2.31. The number of nitrogens with zero attached hydrogens (tertiary/aromatic N) is 1. The minimum Gasteiger partial charge on any atom is -0.198 e. The van der Waals surface area contributed by atoms with Gasteiger partial charge in [0.1, 0.15) is 7.05 Å². The molecule has 1 nitrogen and oxygen atoms in total. The predicted molar refractivity (Wildman–Crippen MR) is 104 cm³/mol. The summed E-state index contributed by atoms with van der Waals surface area (Å²) in [5.41, 5.74) is 6.90. The van der Waals surface area contributed by atoms with Crippen LogP contribution in [0.15, 0.2) is 54.6 Å². The fourth-order valence-electron chi connectivity index (χ4n) is 3.57. The highest BCUT2D eigenvalue weighted by Crippen LogP contribution is 2.39. The lowest BCUT2D eigenvalue weighted by atomic mass is 9.81. The van der Waals surface area contributed by atoms with E-state index in [4.69, 9.17) is 0 Å². The molecule has 0 saturated carbocycles. The quantitative estimate of drug-likeness (QED) is 0.624. The number of para-hydroxylation sites is 1. The molecule has 1 heteroatoms. The summed E-state index contributed by atoms with van der Waals surface area (Å²) < 4.78 is 2.31. The number of allylic oxidation sites excluding steroid dienone is 1. The van der Waals surface area contributed by atoms with Crippen LogP contribution in [-0.4, -0.2) is 17.3 Å². The minimum atomic E-state index is 0.0349. The van der Waals surface area contributed by atoms with E-state index in [1.165, 1.54) is 28.1 Å². The van der Waals surface area contributed by atoms with Crippen LogP contribution in [0.25, 0.3) is 6.08 Å². The Hall–Kier alpha value is -2.15. The SMILES string of the molecule is C[N+]1=C(/C=C/c2ccc(C(C)(C)C)cc2)C(C)(C)c2ccccc21. The predicted octanol–water partition coefficient (Wildman–Crippen LogP) is 5.70. The maximum absolute atomic E-state index is 2.31. The van der Waals surface area contributed by atoms with Gasteiger partial charge in [0.15, 0.2) is 5.71 Å². The van der Waals surface area contributed by atoms with Gasteiger partial charge in [0.2, 0.25) is 5.69 Å². The van der Waals surface area contributed by atoms with E-state index in [1.807, 2.05) is 0 Å². The van der Waals surface area contributed by atoms with E-state index in [2.05, 4.69) is 107 Å². The zero-order valence-electron chi connectivity index (χ0n) is 15.7. The molecule has 0 atom stereocenters. The second-order valence-corrected chi connectivity index (χ2v) is 8.29. The molecule has 0 radical (unpaired) electrons. The summed E-state index contributed by atoms with van der Waals surface area (Å²) in [5, 5.41) is 0. The molecule has 2 aromatic carbocycles. The molecule has 1 heterocycles. The molecule has 0 bridgehead atoms. The normalized spacial score (nSPS) is 16.8. The van der Waals surface area contributed by atoms with Crippen molar-refractivity contribution < 1.29 is 4.58 Å². The number of hydrogen-bond donors (Lipinski definition) is 0. The van der Waals surface area contributed by atoms with Gasteiger partial charge < -0.3 is 0 Å². The molecule has 0 fully saturated rings. The molecule has 0 saturated heterocycles. The van der Waals surface area contributed by atoms with E-state index < -0.39 is 0 Å². The molecule has 1 aliphatic rings. The van der Waals surface area contributed by atoms with Crippen molar-refractivity contribution in [2.75, 3.05) is 7.05 Å². The molecule has 124 valence electrons. The molecular formula is C23H28N+. The van der Waals surface area contributed by atoms with Crippen LogP contribution < -0.4 is 0 Å². The first-order chi connectivity index (χ1) is 11.2. The monoisotopic (exact) mass is 318 g/mol. The molecule has 0 unspecified atom stereocenters. The molecule has 0 amide bonds. The van der Waals surface area contributed by atoms with Crippen molar-refractivity contribution in [1.82, 2.24) is 0 Å². The molecule has 0 aliphatic carbocycles. The van der Waals surface area contributed by atoms with Crippen LogP contribution in [0.3, 0.4) is 0 Å². The summed E-state index contributed by atoms with van der Waals surface area (Å²) in [6.45, 7) is 11.4. The van der Waals surface area contributed by atoms with Crippen molar-refractivity contribution in [3.8, 4) is 0 Å². The van der Waals surface area contributed by atoms with Crippen LogP contribution in [0.1, 0.15) is 51.3 Å². The minimum absolute atomic E-state index is 0.0349.